The van der Waals surface area contributed by atoms with Crippen molar-refractivity contribution in [2.45, 2.75) is 31.8 Å². The lowest BCUT2D eigenvalue weighted by molar-refractivity contribution is -0.132. The number of carbonyl (C=O) groups is 3. The van der Waals surface area contributed by atoms with Gasteiger partial charge in [-0.1, -0.05) is 0 Å². The molecule has 0 spiro atoms. The Kier molecular flexibility index (Phi) is 5.08. The maximum atomic E-state index is 11.6. The summed E-state index contributed by atoms with van der Waals surface area (Å²) in [5, 5.41) is 7.64. The van der Waals surface area contributed by atoms with Gasteiger partial charge in [-0.05, 0) is 13.3 Å². The molecule has 7 heteroatoms. The van der Waals surface area contributed by atoms with Crippen LogP contribution >= 0.6 is 0 Å². The number of amides is 4. The Labute approximate surface area is 106 Å². The van der Waals surface area contributed by atoms with Crippen molar-refractivity contribution in [3.05, 3.63) is 0 Å². The lowest BCUT2D eigenvalue weighted by Gasteiger charge is -2.31. The Hall–Kier alpha value is -1.63. The number of likely N-dealkylation sites (tertiary alicyclic amines) is 1. The molecule has 1 rings (SSSR count). The number of urea groups is 1. The molecule has 0 aromatic carbocycles. The van der Waals surface area contributed by atoms with Crippen molar-refractivity contribution < 1.29 is 14.4 Å². The summed E-state index contributed by atoms with van der Waals surface area (Å²) in [6, 6.07) is -0.920. The van der Waals surface area contributed by atoms with Crippen molar-refractivity contribution in [1.29, 1.82) is 0 Å². The molecule has 0 aromatic rings. The van der Waals surface area contributed by atoms with Crippen molar-refractivity contribution in [2.75, 3.05) is 20.6 Å². The van der Waals surface area contributed by atoms with Crippen LogP contribution in [0.2, 0.25) is 0 Å². The average Bonchev–Trinajstić information content (AvgIpc) is 2.33. The van der Waals surface area contributed by atoms with Gasteiger partial charge in [-0.2, -0.15) is 0 Å². The van der Waals surface area contributed by atoms with Gasteiger partial charge < -0.3 is 15.5 Å². The second-order valence-corrected chi connectivity index (χ2v) is 4.47. The minimum atomic E-state index is -0.524. The number of carbonyl (C=O) groups excluding carboxylic acids is 3. The fourth-order valence-electron chi connectivity index (χ4n) is 1.86. The molecule has 4 amide bonds. The molecule has 1 fully saturated rings. The van der Waals surface area contributed by atoms with Crippen LogP contribution in [0.4, 0.5) is 4.79 Å². The van der Waals surface area contributed by atoms with Crippen LogP contribution in [0, 0.1) is 0 Å². The van der Waals surface area contributed by atoms with Crippen LogP contribution in [-0.2, 0) is 9.59 Å². The third-order valence-corrected chi connectivity index (χ3v) is 2.97. The number of rotatable bonds is 3. The van der Waals surface area contributed by atoms with Gasteiger partial charge in [-0.25, -0.2) is 4.79 Å². The number of nitrogens with one attached hydrogen (secondary N) is 3. The van der Waals surface area contributed by atoms with Gasteiger partial charge in [0, 0.05) is 33.1 Å². The van der Waals surface area contributed by atoms with E-state index in [0.717, 1.165) is 0 Å². The fraction of sp³-hybridized carbons (Fsp3) is 0.727. The van der Waals surface area contributed by atoms with Crippen LogP contribution in [0.25, 0.3) is 0 Å². The van der Waals surface area contributed by atoms with E-state index in [2.05, 4.69) is 16.0 Å². The molecule has 0 aliphatic carbocycles. The average molecular weight is 256 g/mol. The van der Waals surface area contributed by atoms with Gasteiger partial charge in [0.15, 0.2) is 0 Å². The molecule has 2 atom stereocenters. The molecular formula is C11H20N4O3. The first-order valence-electron chi connectivity index (χ1n) is 5.96. The number of hydrogen-bond donors (Lipinski definition) is 3. The number of piperidine rings is 1. The summed E-state index contributed by atoms with van der Waals surface area (Å²) in [6.45, 7) is 2.27. The summed E-state index contributed by atoms with van der Waals surface area (Å²) >= 11 is 0. The molecule has 1 aliphatic rings. The van der Waals surface area contributed by atoms with Crippen molar-refractivity contribution in [3.8, 4) is 0 Å². The zero-order valence-corrected chi connectivity index (χ0v) is 10.9. The third-order valence-electron chi connectivity index (χ3n) is 2.97. The van der Waals surface area contributed by atoms with Crippen molar-refractivity contribution in [1.82, 2.24) is 20.9 Å². The summed E-state index contributed by atoms with van der Waals surface area (Å²) in [5.41, 5.74) is 0. The minimum Gasteiger partial charge on any atom is -0.344 e. The number of imide groups is 1. The topological polar surface area (TPSA) is 90.5 Å². The summed E-state index contributed by atoms with van der Waals surface area (Å²) in [5.74, 6) is -0.260. The van der Waals surface area contributed by atoms with E-state index >= 15 is 0 Å². The van der Waals surface area contributed by atoms with Crippen LogP contribution in [0.3, 0.4) is 0 Å². The molecule has 0 bridgehead atoms. The van der Waals surface area contributed by atoms with Crippen LogP contribution in [0.15, 0.2) is 0 Å². The highest BCUT2D eigenvalue weighted by molar-refractivity contribution is 5.96. The Morgan fingerprint density at radius 1 is 1.44 bits per heavy atom. The molecule has 102 valence electrons. The summed E-state index contributed by atoms with van der Waals surface area (Å²) in [7, 11) is 3.19. The molecule has 1 heterocycles. The smallest absolute Gasteiger partial charge is 0.321 e. The van der Waals surface area contributed by atoms with E-state index in [4.69, 9.17) is 0 Å². The Morgan fingerprint density at radius 2 is 2.11 bits per heavy atom. The van der Waals surface area contributed by atoms with Gasteiger partial charge in [0.05, 0.1) is 6.04 Å². The molecule has 7 nitrogen and oxygen atoms in total. The largest absolute Gasteiger partial charge is 0.344 e. The molecule has 2 unspecified atom stereocenters. The van der Waals surface area contributed by atoms with Crippen LogP contribution in [0.5, 0.6) is 0 Å². The van der Waals surface area contributed by atoms with E-state index < -0.39 is 12.1 Å². The Morgan fingerprint density at radius 3 is 2.67 bits per heavy atom. The predicted octanol–water partition coefficient (Wildman–Crippen LogP) is -0.959. The fourth-order valence-corrected chi connectivity index (χ4v) is 1.86. The molecule has 0 saturated carbocycles. The standard InChI is InChI=1S/C11H20N4O3/c1-7(10(17)14-11(18)12-2)13-8-4-5-9(16)15(3)6-8/h7-8,13H,4-6H2,1-3H3,(H2,12,14,17,18). The minimum absolute atomic E-state index is 0.0816. The van der Waals surface area contributed by atoms with Crippen LogP contribution in [0.1, 0.15) is 19.8 Å². The molecule has 1 aliphatic heterocycles. The van der Waals surface area contributed by atoms with Crippen LogP contribution < -0.4 is 16.0 Å². The first kappa shape index (κ1) is 14.4. The van der Waals surface area contributed by atoms with Gasteiger partial charge in [-0.15, -0.1) is 0 Å². The van der Waals surface area contributed by atoms with E-state index in [1.54, 1.807) is 18.9 Å². The molecular weight excluding hydrogens is 236 g/mol. The van der Waals surface area contributed by atoms with E-state index in [1.165, 1.54) is 7.05 Å². The van der Waals surface area contributed by atoms with E-state index in [0.29, 0.717) is 19.4 Å². The highest BCUT2D eigenvalue weighted by Gasteiger charge is 2.25. The zero-order valence-electron chi connectivity index (χ0n) is 10.9. The highest BCUT2D eigenvalue weighted by Crippen LogP contribution is 2.10. The quantitative estimate of drug-likeness (QED) is 0.606. The number of nitrogens with zero attached hydrogens (tertiary/aromatic N) is 1. The van der Waals surface area contributed by atoms with Crippen LogP contribution in [-0.4, -0.2) is 55.5 Å². The Balaban J connectivity index is 2.40. The van der Waals surface area contributed by atoms with E-state index in [1.807, 2.05) is 0 Å². The lowest BCUT2D eigenvalue weighted by Crippen LogP contribution is -2.54. The maximum Gasteiger partial charge on any atom is 0.321 e. The third kappa shape index (κ3) is 3.99. The van der Waals surface area contributed by atoms with E-state index in [-0.39, 0.29) is 17.9 Å². The first-order chi connectivity index (χ1) is 8.43. The van der Waals surface area contributed by atoms with Gasteiger partial charge in [0.25, 0.3) is 0 Å². The first-order valence-corrected chi connectivity index (χ1v) is 5.96. The van der Waals surface area contributed by atoms with Gasteiger partial charge in [-0.3, -0.25) is 14.9 Å². The monoisotopic (exact) mass is 256 g/mol. The van der Waals surface area contributed by atoms with Crippen molar-refractivity contribution in [3.63, 3.8) is 0 Å². The molecule has 3 N–H and O–H groups in total. The number of hydrogen-bond acceptors (Lipinski definition) is 4. The van der Waals surface area contributed by atoms with Crippen molar-refractivity contribution in [2.24, 2.45) is 0 Å². The normalized spacial score (nSPS) is 21.4. The maximum absolute atomic E-state index is 11.6. The molecule has 0 aromatic heterocycles. The summed E-state index contributed by atoms with van der Waals surface area (Å²) in [6.07, 6.45) is 1.19. The molecule has 0 radical (unpaired) electrons. The summed E-state index contributed by atoms with van der Waals surface area (Å²) in [4.78, 5) is 35.6. The number of likely N-dealkylation sites (N-methyl/N-ethyl adjacent to an activating group) is 1. The second-order valence-electron chi connectivity index (χ2n) is 4.47. The highest BCUT2D eigenvalue weighted by atomic mass is 16.2. The van der Waals surface area contributed by atoms with Gasteiger partial charge >= 0.3 is 6.03 Å². The summed E-state index contributed by atoms with van der Waals surface area (Å²) < 4.78 is 0. The lowest BCUT2D eigenvalue weighted by atomic mass is 10.0. The predicted molar refractivity (Wildman–Crippen MR) is 65.9 cm³/mol. The zero-order chi connectivity index (χ0) is 13.7. The van der Waals surface area contributed by atoms with Gasteiger partial charge in [0.2, 0.25) is 11.8 Å². The SMILES string of the molecule is CNC(=O)NC(=O)C(C)NC1CCC(=O)N(C)C1. The van der Waals surface area contributed by atoms with Crippen molar-refractivity contribution >= 4 is 17.8 Å². The molecule has 1 saturated heterocycles. The second kappa shape index (κ2) is 6.34. The van der Waals surface area contributed by atoms with Gasteiger partial charge in [0.1, 0.15) is 0 Å². The Bertz CT molecular complexity index is 345. The van der Waals surface area contributed by atoms with E-state index in [9.17, 15) is 14.4 Å². The molecule has 18 heavy (non-hydrogen) atoms.